The second kappa shape index (κ2) is 9.11. The van der Waals surface area contributed by atoms with Crippen molar-refractivity contribution in [3.05, 3.63) is 64.8 Å². The maximum Gasteiger partial charge on any atom is 0.253 e. The molecule has 1 aliphatic rings. The van der Waals surface area contributed by atoms with Crippen LogP contribution >= 0.6 is 11.6 Å². The number of halogens is 1. The van der Waals surface area contributed by atoms with Crippen LogP contribution in [-0.2, 0) is 0 Å². The van der Waals surface area contributed by atoms with E-state index in [9.17, 15) is 9.59 Å². The van der Waals surface area contributed by atoms with Crippen molar-refractivity contribution >= 4 is 52.2 Å². The molecule has 0 saturated heterocycles. The number of amides is 2. The number of para-hydroxylation sites is 1. The maximum absolute atomic E-state index is 12.4. The van der Waals surface area contributed by atoms with Gasteiger partial charge in [-0.05, 0) is 30.3 Å². The van der Waals surface area contributed by atoms with Gasteiger partial charge < -0.3 is 26.2 Å². The highest BCUT2D eigenvalue weighted by molar-refractivity contribution is 6.33. The summed E-state index contributed by atoms with van der Waals surface area (Å²) >= 11 is 6.29. The highest BCUT2D eigenvalue weighted by Gasteiger charge is 2.19. The van der Waals surface area contributed by atoms with Gasteiger partial charge in [0.25, 0.3) is 11.8 Å². The molecule has 0 unspecified atom stereocenters. The monoisotopic (exact) mass is 451 g/mol. The lowest BCUT2D eigenvalue weighted by molar-refractivity contribution is 0.0952. The molecule has 0 spiro atoms. The highest BCUT2D eigenvalue weighted by Crippen LogP contribution is 2.29. The molecule has 0 radical (unpaired) electrons. The third kappa shape index (κ3) is 4.42. The summed E-state index contributed by atoms with van der Waals surface area (Å²) in [5.41, 5.74) is 3.11. The van der Waals surface area contributed by atoms with E-state index in [2.05, 4.69) is 31.2 Å². The molecule has 0 fully saturated rings. The predicted octanol–water partition coefficient (Wildman–Crippen LogP) is 3.16. The quantitative estimate of drug-likeness (QED) is 0.471. The van der Waals surface area contributed by atoms with E-state index >= 15 is 0 Å². The third-order valence-corrected chi connectivity index (χ3v) is 5.31. The molecule has 0 bridgehead atoms. The lowest BCUT2D eigenvalue weighted by Crippen LogP contribution is -2.27. The normalized spacial score (nSPS) is 13.0. The van der Waals surface area contributed by atoms with Crippen LogP contribution in [0.5, 0.6) is 0 Å². The highest BCUT2D eigenvalue weighted by atomic mass is 35.5. The molecule has 0 atom stereocenters. The predicted molar refractivity (Wildman–Crippen MR) is 125 cm³/mol. The summed E-state index contributed by atoms with van der Waals surface area (Å²) in [6.45, 7) is 1.32. The van der Waals surface area contributed by atoms with Crippen molar-refractivity contribution in [3.8, 4) is 0 Å². The average Bonchev–Trinajstić information content (AvgIpc) is 2.94. The van der Waals surface area contributed by atoms with Crippen molar-refractivity contribution in [2.75, 3.05) is 42.7 Å². The van der Waals surface area contributed by atoms with Gasteiger partial charge in [0.05, 0.1) is 23.0 Å². The zero-order valence-corrected chi connectivity index (χ0v) is 18.3. The number of nitrogens with one attached hydrogen (secondary N) is 4. The first kappa shape index (κ1) is 21.4. The Morgan fingerprint density at radius 1 is 1.19 bits per heavy atom. The summed E-state index contributed by atoms with van der Waals surface area (Å²) in [4.78, 5) is 35.3. The van der Waals surface area contributed by atoms with Crippen molar-refractivity contribution in [1.82, 2.24) is 20.6 Å². The molecule has 164 valence electrons. The summed E-state index contributed by atoms with van der Waals surface area (Å²) in [5.74, 6) is 0.271. The Bertz CT molecular complexity index is 1180. The molecule has 9 nitrogen and oxygen atoms in total. The van der Waals surface area contributed by atoms with E-state index < -0.39 is 0 Å². The average molecular weight is 452 g/mol. The Balaban J connectivity index is 1.61. The number of benzene rings is 2. The minimum Gasteiger partial charge on any atom is -0.372 e. The van der Waals surface area contributed by atoms with Crippen LogP contribution in [0.1, 0.15) is 20.7 Å². The van der Waals surface area contributed by atoms with Gasteiger partial charge in [-0.2, -0.15) is 4.98 Å². The van der Waals surface area contributed by atoms with Gasteiger partial charge in [0, 0.05) is 38.6 Å². The number of likely N-dealkylation sites (N-methyl/N-ethyl adjacent to an activating group) is 1. The Morgan fingerprint density at radius 2 is 2.00 bits per heavy atom. The smallest absolute Gasteiger partial charge is 0.253 e. The first-order valence-electron chi connectivity index (χ1n) is 9.97. The maximum atomic E-state index is 12.4. The third-order valence-electron chi connectivity index (χ3n) is 5.04. The van der Waals surface area contributed by atoms with Crippen molar-refractivity contribution in [2.24, 2.45) is 0 Å². The van der Waals surface area contributed by atoms with Gasteiger partial charge in [-0.3, -0.25) is 9.59 Å². The fourth-order valence-electron chi connectivity index (χ4n) is 3.38. The van der Waals surface area contributed by atoms with Gasteiger partial charge in [-0.15, -0.1) is 0 Å². The Hall–Kier alpha value is -3.85. The Kier molecular flexibility index (Phi) is 6.09. The van der Waals surface area contributed by atoms with Crippen LogP contribution in [0.25, 0.3) is 0 Å². The summed E-state index contributed by atoms with van der Waals surface area (Å²) < 4.78 is 0. The van der Waals surface area contributed by atoms with E-state index in [1.807, 2.05) is 24.1 Å². The van der Waals surface area contributed by atoms with E-state index in [0.29, 0.717) is 39.9 Å². The fraction of sp³-hybridized carbons (Fsp3) is 0.182. The van der Waals surface area contributed by atoms with E-state index in [0.717, 1.165) is 12.2 Å². The number of nitrogens with zero attached hydrogens (tertiary/aromatic N) is 3. The van der Waals surface area contributed by atoms with Crippen LogP contribution < -0.4 is 26.2 Å². The second-order valence-corrected chi connectivity index (χ2v) is 7.58. The van der Waals surface area contributed by atoms with Crippen molar-refractivity contribution in [3.63, 3.8) is 0 Å². The largest absolute Gasteiger partial charge is 0.372 e. The molecule has 10 heteroatoms. The standard InChI is InChI=1S/C22H22ClN7O2/c1-24-20(31)14-5-3-4-6-17(14)28-19-16(23)12-26-22(29-19)27-13-7-8-18-15(11-13)21(32)25-9-10-30(18)2/h3-8,11-12H,9-10H2,1-2H3,(H,24,31)(H,25,32)(H2,26,27,28,29). The number of anilines is 5. The first-order valence-corrected chi connectivity index (χ1v) is 10.3. The number of hydrogen-bond donors (Lipinski definition) is 4. The summed E-state index contributed by atoms with van der Waals surface area (Å²) in [6.07, 6.45) is 1.46. The molecule has 1 aromatic heterocycles. The molecule has 3 aromatic rings. The molecular weight excluding hydrogens is 430 g/mol. The van der Waals surface area contributed by atoms with Crippen LogP contribution in [0.4, 0.5) is 28.8 Å². The second-order valence-electron chi connectivity index (χ2n) is 7.17. The van der Waals surface area contributed by atoms with Gasteiger partial charge in [0.15, 0.2) is 5.82 Å². The molecule has 2 amide bonds. The molecule has 4 N–H and O–H groups in total. The van der Waals surface area contributed by atoms with Crippen LogP contribution in [0.15, 0.2) is 48.7 Å². The van der Waals surface area contributed by atoms with Crippen molar-refractivity contribution in [1.29, 1.82) is 0 Å². The van der Waals surface area contributed by atoms with Gasteiger partial charge in [0.2, 0.25) is 5.95 Å². The molecule has 2 aromatic carbocycles. The lowest BCUT2D eigenvalue weighted by atomic mass is 10.1. The summed E-state index contributed by atoms with van der Waals surface area (Å²) in [5, 5.41) is 12.0. The topological polar surface area (TPSA) is 111 Å². The minimum absolute atomic E-state index is 0.127. The SMILES string of the molecule is CNC(=O)c1ccccc1Nc1nc(Nc2ccc3c(c2)C(=O)NCCN3C)ncc1Cl. The van der Waals surface area contributed by atoms with Crippen LogP contribution in [0.3, 0.4) is 0 Å². The van der Waals surface area contributed by atoms with Crippen LogP contribution in [0, 0.1) is 0 Å². The molecule has 0 saturated carbocycles. The van der Waals surface area contributed by atoms with Crippen molar-refractivity contribution in [2.45, 2.75) is 0 Å². The number of rotatable bonds is 5. The fourth-order valence-corrected chi connectivity index (χ4v) is 3.52. The summed E-state index contributed by atoms with van der Waals surface area (Å²) in [7, 11) is 3.51. The molecule has 1 aliphatic heterocycles. The first-order chi connectivity index (χ1) is 15.5. The zero-order valence-electron chi connectivity index (χ0n) is 17.6. The zero-order chi connectivity index (χ0) is 22.7. The van der Waals surface area contributed by atoms with Crippen LogP contribution in [-0.4, -0.2) is 49.0 Å². The number of carbonyl (C=O) groups is 2. The molecule has 0 aliphatic carbocycles. The number of aromatic nitrogens is 2. The Labute approximate surface area is 190 Å². The number of hydrogen-bond acceptors (Lipinski definition) is 7. The molecule has 32 heavy (non-hydrogen) atoms. The summed E-state index contributed by atoms with van der Waals surface area (Å²) in [6, 6.07) is 12.6. The van der Waals surface area contributed by atoms with Gasteiger partial charge in [-0.1, -0.05) is 23.7 Å². The van der Waals surface area contributed by atoms with Crippen LogP contribution in [0.2, 0.25) is 5.02 Å². The molecular formula is C22H22ClN7O2. The Morgan fingerprint density at radius 3 is 2.81 bits per heavy atom. The lowest BCUT2D eigenvalue weighted by Gasteiger charge is -2.18. The van der Waals surface area contributed by atoms with Gasteiger partial charge in [-0.25, -0.2) is 4.98 Å². The molecule has 2 heterocycles. The van der Waals surface area contributed by atoms with Gasteiger partial charge in [0.1, 0.15) is 5.02 Å². The van der Waals surface area contributed by atoms with E-state index in [1.165, 1.54) is 6.20 Å². The number of fused-ring (bicyclic) bond motifs is 1. The van der Waals surface area contributed by atoms with E-state index in [1.54, 1.807) is 37.4 Å². The van der Waals surface area contributed by atoms with Crippen molar-refractivity contribution < 1.29 is 9.59 Å². The van der Waals surface area contributed by atoms with E-state index in [-0.39, 0.29) is 17.8 Å². The minimum atomic E-state index is -0.232. The molecule has 4 rings (SSSR count). The van der Waals surface area contributed by atoms with Gasteiger partial charge >= 0.3 is 0 Å². The van der Waals surface area contributed by atoms with E-state index in [4.69, 9.17) is 11.6 Å². The number of carbonyl (C=O) groups excluding carboxylic acids is 2.